The minimum Gasteiger partial charge on any atom is -0.298 e. The van der Waals surface area contributed by atoms with E-state index in [1.807, 2.05) is 30.3 Å². The number of carbonyl (C=O) groups excluding carboxylic acids is 3. The monoisotopic (exact) mass is 449 g/mol. The summed E-state index contributed by atoms with van der Waals surface area (Å²) in [5.74, 6) is -3.48. The molecule has 0 atom stereocenters. The molecule has 0 saturated heterocycles. The molecule has 158 valence electrons. The van der Waals surface area contributed by atoms with Gasteiger partial charge in [-0.2, -0.15) is 0 Å². The molecule has 1 aliphatic rings. The largest absolute Gasteiger partial charge is 0.298 e. The van der Waals surface area contributed by atoms with Crippen molar-refractivity contribution in [2.45, 2.75) is 6.54 Å². The number of imide groups is 1. The summed E-state index contributed by atoms with van der Waals surface area (Å²) in [5.41, 5.74) is 1.56. The molecule has 1 aromatic heterocycles. The zero-order valence-corrected chi connectivity index (χ0v) is 17.1. The number of hydrogen-bond acceptors (Lipinski definition) is 5. The highest BCUT2D eigenvalue weighted by Crippen LogP contribution is 2.29. The topological polar surface area (TPSA) is 79.4 Å². The highest BCUT2D eigenvalue weighted by molar-refractivity contribution is 7.22. The predicted octanol–water partition coefficient (Wildman–Crippen LogP) is 4.62. The quantitative estimate of drug-likeness (QED) is 0.461. The van der Waals surface area contributed by atoms with Crippen LogP contribution >= 0.6 is 11.3 Å². The van der Waals surface area contributed by atoms with E-state index < -0.39 is 29.4 Å². The first-order valence-corrected chi connectivity index (χ1v) is 10.3. The third-order valence-electron chi connectivity index (χ3n) is 5.07. The van der Waals surface area contributed by atoms with Crippen LogP contribution < -0.4 is 5.32 Å². The Bertz CT molecular complexity index is 1380. The number of aromatic nitrogens is 1. The van der Waals surface area contributed by atoms with E-state index in [0.29, 0.717) is 4.70 Å². The summed E-state index contributed by atoms with van der Waals surface area (Å²) in [6.45, 7) is 0.132. The summed E-state index contributed by atoms with van der Waals surface area (Å²) < 4.78 is 27.2. The average molecular weight is 449 g/mol. The second kappa shape index (κ2) is 7.61. The van der Waals surface area contributed by atoms with E-state index in [4.69, 9.17) is 0 Å². The van der Waals surface area contributed by atoms with E-state index in [1.54, 1.807) is 0 Å². The van der Waals surface area contributed by atoms with Crippen LogP contribution in [0.1, 0.15) is 36.6 Å². The van der Waals surface area contributed by atoms with Gasteiger partial charge in [-0.3, -0.25) is 24.6 Å². The lowest BCUT2D eigenvalue weighted by Gasteiger charge is -2.13. The lowest BCUT2D eigenvalue weighted by molar-refractivity contribution is 0.0642. The first-order valence-electron chi connectivity index (χ1n) is 9.52. The van der Waals surface area contributed by atoms with E-state index in [-0.39, 0.29) is 33.9 Å². The molecule has 0 bridgehead atoms. The van der Waals surface area contributed by atoms with Gasteiger partial charge in [0.25, 0.3) is 17.7 Å². The molecule has 1 N–H and O–H groups in total. The van der Waals surface area contributed by atoms with Crippen molar-refractivity contribution in [3.8, 4) is 0 Å². The number of halogens is 2. The fraction of sp³-hybridized carbons (Fsp3) is 0.0435. The number of rotatable bonds is 4. The zero-order chi connectivity index (χ0) is 22.4. The molecule has 0 spiro atoms. The maximum atomic E-state index is 13.4. The Hall–Kier alpha value is -3.98. The van der Waals surface area contributed by atoms with Crippen LogP contribution in [0.15, 0.2) is 60.7 Å². The van der Waals surface area contributed by atoms with Crippen LogP contribution in [0.25, 0.3) is 10.2 Å². The van der Waals surface area contributed by atoms with E-state index >= 15 is 0 Å². The van der Waals surface area contributed by atoms with Crippen molar-refractivity contribution >= 4 is 44.4 Å². The summed E-state index contributed by atoms with van der Waals surface area (Å²) in [6.07, 6.45) is 0. The molecule has 0 saturated carbocycles. The SMILES string of the molecule is O=C(Nc1nc2cc(F)c(F)cc2s1)c1ccc2c(c1)C(=O)N(Cc1ccccc1)C2=O. The van der Waals surface area contributed by atoms with Gasteiger partial charge < -0.3 is 0 Å². The van der Waals surface area contributed by atoms with Gasteiger partial charge in [-0.25, -0.2) is 13.8 Å². The summed E-state index contributed by atoms with van der Waals surface area (Å²) in [4.78, 5) is 43.4. The van der Waals surface area contributed by atoms with E-state index in [0.717, 1.165) is 33.9 Å². The Kier molecular flexibility index (Phi) is 4.75. The number of carbonyl (C=O) groups is 3. The molecule has 6 nitrogen and oxygen atoms in total. The number of nitrogens with one attached hydrogen (secondary N) is 1. The maximum Gasteiger partial charge on any atom is 0.261 e. The molecular formula is C23H13F2N3O3S. The maximum absolute atomic E-state index is 13.4. The molecule has 9 heteroatoms. The average Bonchev–Trinajstić information content (AvgIpc) is 3.27. The van der Waals surface area contributed by atoms with E-state index in [2.05, 4.69) is 10.3 Å². The van der Waals surface area contributed by atoms with Crippen LogP contribution in [0.4, 0.5) is 13.9 Å². The predicted molar refractivity (Wildman–Crippen MR) is 115 cm³/mol. The summed E-state index contributed by atoms with van der Waals surface area (Å²) in [5, 5.41) is 2.72. The molecule has 0 unspecified atom stereocenters. The highest BCUT2D eigenvalue weighted by Gasteiger charge is 2.36. The number of thiazole rings is 1. The van der Waals surface area contributed by atoms with Gasteiger partial charge >= 0.3 is 0 Å². The molecule has 3 aromatic carbocycles. The normalized spacial score (nSPS) is 13.0. The standard InChI is InChI=1S/C23H13F2N3O3S/c24-16-9-18-19(10-17(16)25)32-23(26-18)27-20(29)13-6-7-14-15(8-13)22(31)28(21(14)30)11-12-4-2-1-3-5-12/h1-10H,11H2,(H,26,27,29). The smallest absolute Gasteiger partial charge is 0.261 e. The molecule has 0 aliphatic carbocycles. The van der Waals surface area contributed by atoms with Crippen molar-refractivity contribution in [3.63, 3.8) is 0 Å². The molecule has 2 heterocycles. The second-order valence-corrected chi connectivity index (χ2v) is 8.18. The van der Waals surface area contributed by atoms with Gasteiger partial charge in [0.05, 0.1) is 27.9 Å². The Morgan fingerprint density at radius 3 is 2.44 bits per heavy atom. The molecule has 3 amide bonds. The molecule has 5 rings (SSSR count). The van der Waals surface area contributed by atoms with Crippen molar-refractivity contribution in [2.24, 2.45) is 0 Å². The lowest BCUT2D eigenvalue weighted by atomic mass is 10.1. The van der Waals surface area contributed by atoms with Crippen LogP contribution in [0, 0.1) is 11.6 Å². The third-order valence-corrected chi connectivity index (χ3v) is 6.00. The first kappa shape index (κ1) is 20.0. The molecular weight excluding hydrogens is 436 g/mol. The van der Waals surface area contributed by atoms with Crippen molar-refractivity contribution in [2.75, 3.05) is 5.32 Å². The van der Waals surface area contributed by atoms with Gasteiger partial charge in [-0.05, 0) is 29.8 Å². The molecule has 0 radical (unpaired) electrons. The molecule has 0 fully saturated rings. The first-order chi connectivity index (χ1) is 15.4. The van der Waals surface area contributed by atoms with Crippen LogP contribution in [0.5, 0.6) is 0 Å². The van der Waals surface area contributed by atoms with E-state index in [1.165, 1.54) is 18.2 Å². The number of amides is 3. The van der Waals surface area contributed by atoms with Gasteiger partial charge in [0.2, 0.25) is 0 Å². The lowest BCUT2D eigenvalue weighted by Crippen LogP contribution is -2.29. The van der Waals surface area contributed by atoms with Crippen molar-refractivity contribution in [1.29, 1.82) is 0 Å². The van der Waals surface area contributed by atoms with Crippen LogP contribution in [0.2, 0.25) is 0 Å². The summed E-state index contributed by atoms with van der Waals surface area (Å²) in [6, 6.07) is 15.3. The van der Waals surface area contributed by atoms with Crippen LogP contribution in [-0.2, 0) is 6.54 Å². The number of nitrogens with zero attached hydrogens (tertiary/aromatic N) is 2. The van der Waals surface area contributed by atoms with Gasteiger partial charge in [-0.15, -0.1) is 0 Å². The number of hydrogen-bond donors (Lipinski definition) is 1. The fourth-order valence-corrected chi connectivity index (χ4v) is 4.36. The van der Waals surface area contributed by atoms with Gasteiger partial charge in [0.15, 0.2) is 16.8 Å². The third kappa shape index (κ3) is 3.42. The van der Waals surface area contributed by atoms with Crippen LogP contribution in [0.3, 0.4) is 0 Å². The molecule has 32 heavy (non-hydrogen) atoms. The van der Waals surface area contributed by atoms with Gasteiger partial charge in [0.1, 0.15) is 0 Å². The second-order valence-electron chi connectivity index (χ2n) is 7.15. The minimum atomic E-state index is -1.03. The van der Waals surface area contributed by atoms with E-state index in [9.17, 15) is 23.2 Å². The Morgan fingerprint density at radius 1 is 0.938 bits per heavy atom. The Balaban J connectivity index is 1.38. The number of anilines is 1. The van der Waals surface area contributed by atoms with Crippen molar-refractivity contribution in [3.05, 3.63) is 94.6 Å². The van der Waals surface area contributed by atoms with Crippen molar-refractivity contribution < 1.29 is 23.2 Å². The van der Waals surface area contributed by atoms with Crippen molar-refractivity contribution in [1.82, 2.24) is 9.88 Å². The molecule has 1 aliphatic heterocycles. The van der Waals surface area contributed by atoms with Crippen LogP contribution in [-0.4, -0.2) is 27.6 Å². The summed E-state index contributed by atoms with van der Waals surface area (Å²) >= 11 is 0.992. The fourth-order valence-electron chi connectivity index (χ4n) is 3.49. The van der Waals surface area contributed by atoms with Gasteiger partial charge in [0, 0.05) is 11.6 Å². The Labute approximate surface area is 184 Å². The Morgan fingerprint density at radius 2 is 1.66 bits per heavy atom. The number of benzene rings is 3. The summed E-state index contributed by atoms with van der Waals surface area (Å²) in [7, 11) is 0. The minimum absolute atomic E-state index is 0.132. The molecule has 4 aromatic rings. The zero-order valence-electron chi connectivity index (χ0n) is 16.3. The van der Waals surface area contributed by atoms with Gasteiger partial charge in [-0.1, -0.05) is 41.7 Å². The number of fused-ring (bicyclic) bond motifs is 2. The highest BCUT2D eigenvalue weighted by atomic mass is 32.1.